The number of hydrogen-bond acceptors (Lipinski definition) is 4. The predicted molar refractivity (Wildman–Crippen MR) is 31.3 cm³/mol. The summed E-state index contributed by atoms with van der Waals surface area (Å²) in [7, 11) is 0. The molecule has 0 fully saturated rings. The molecular formula is C4H3N3S. The Labute approximate surface area is 50.6 Å². The Morgan fingerprint density at radius 2 is 2.75 bits per heavy atom. The number of nitrogens with zero attached hydrogens (tertiary/aromatic N) is 2. The van der Waals surface area contributed by atoms with Crippen molar-refractivity contribution in [3.8, 4) is 6.19 Å². The first-order valence-corrected chi connectivity index (χ1v) is 2.86. The zero-order valence-corrected chi connectivity index (χ0v) is 4.77. The average molecular weight is 125 g/mol. The lowest BCUT2D eigenvalue weighted by Crippen LogP contribution is -1.82. The van der Waals surface area contributed by atoms with Crippen molar-refractivity contribution in [2.75, 3.05) is 5.32 Å². The second-order valence-electron chi connectivity index (χ2n) is 1.07. The van der Waals surface area contributed by atoms with E-state index in [-0.39, 0.29) is 0 Å². The number of aromatic nitrogens is 1. The Bertz CT molecular complexity index is 186. The highest BCUT2D eigenvalue weighted by molar-refractivity contribution is 7.13. The van der Waals surface area contributed by atoms with Gasteiger partial charge < -0.3 is 0 Å². The Kier molecular flexibility index (Phi) is 1.45. The Balaban J connectivity index is 2.67. The monoisotopic (exact) mass is 125 g/mol. The minimum Gasteiger partial charge on any atom is -0.268 e. The number of anilines is 1. The maximum atomic E-state index is 8.04. The molecule has 8 heavy (non-hydrogen) atoms. The molecule has 3 nitrogen and oxygen atoms in total. The molecule has 4 heteroatoms. The van der Waals surface area contributed by atoms with E-state index in [1.807, 2.05) is 0 Å². The first-order chi connectivity index (χ1) is 3.93. The van der Waals surface area contributed by atoms with Crippen molar-refractivity contribution in [3.63, 3.8) is 0 Å². The van der Waals surface area contributed by atoms with Crippen LogP contribution in [-0.4, -0.2) is 4.98 Å². The van der Waals surface area contributed by atoms with Crippen LogP contribution >= 0.6 is 11.3 Å². The van der Waals surface area contributed by atoms with Crippen molar-refractivity contribution in [1.29, 1.82) is 5.26 Å². The van der Waals surface area contributed by atoms with Crippen molar-refractivity contribution >= 4 is 16.5 Å². The number of nitrogens with one attached hydrogen (secondary N) is 1. The van der Waals surface area contributed by atoms with Crippen LogP contribution in [0.5, 0.6) is 0 Å². The highest BCUT2D eigenvalue weighted by Gasteiger charge is 1.86. The Morgan fingerprint density at radius 3 is 3.25 bits per heavy atom. The molecule has 0 aromatic carbocycles. The highest BCUT2D eigenvalue weighted by Crippen LogP contribution is 2.08. The van der Waals surface area contributed by atoms with Gasteiger partial charge in [0.15, 0.2) is 11.3 Å². The standard InChI is InChI=1S/C4H3N3S/c5-3-7-4-6-1-2-8-4/h1-2H,(H,6,7). The van der Waals surface area contributed by atoms with Crippen LogP contribution in [0.2, 0.25) is 0 Å². The van der Waals surface area contributed by atoms with Gasteiger partial charge in [-0.25, -0.2) is 4.98 Å². The van der Waals surface area contributed by atoms with E-state index in [9.17, 15) is 0 Å². The van der Waals surface area contributed by atoms with E-state index in [0.29, 0.717) is 5.13 Å². The number of thiazole rings is 1. The summed E-state index contributed by atoms with van der Waals surface area (Å²) in [6.45, 7) is 0. The molecule has 0 atom stereocenters. The fraction of sp³-hybridized carbons (Fsp3) is 0. The molecule has 0 spiro atoms. The number of nitriles is 1. The third-order valence-electron chi connectivity index (χ3n) is 0.595. The molecule has 1 aromatic heterocycles. The molecule has 1 aromatic rings. The molecule has 0 aliphatic carbocycles. The van der Waals surface area contributed by atoms with Gasteiger partial charge in [0, 0.05) is 11.6 Å². The van der Waals surface area contributed by atoms with Gasteiger partial charge in [-0.3, -0.25) is 5.32 Å². The third-order valence-corrected chi connectivity index (χ3v) is 1.28. The quantitative estimate of drug-likeness (QED) is 0.450. The van der Waals surface area contributed by atoms with Crippen molar-refractivity contribution in [2.24, 2.45) is 0 Å². The summed E-state index contributed by atoms with van der Waals surface area (Å²) in [6, 6.07) is 0. The maximum absolute atomic E-state index is 8.04. The summed E-state index contributed by atoms with van der Waals surface area (Å²) in [5.41, 5.74) is 0. The SMILES string of the molecule is N#CNc1nccs1. The lowest BCUT2D eigenvalue weighted by Gasteiger charge is -1.80. The lowest BCUT2D eigenvalue weighted by atomic mass is 11.0. The summed E-state index contributed by atoms with van der Waals surface area (Å²) >= 11 is 1.40. The normalized spacial score (nSPS) is 7.88. The van der Waals surface area contributed by atoms with Crippen LogP contribution in [0.4, 0.5) is 5.13 Å². The Morgan fingerprint density at radius 1 is 1.88 bits per heavy atom. The van der Waals surface area contributed by atoms with Crippen LogP contribution in [0, 0.1) is 11.5 Å². The molecule has 0 bridgehead atoms. The average Bonchev–Trinajstić information content (AvgIpc) is 2.19. The molecule has 0 unspecified atom stereocenters. The van der Waals surface area contributed by atoms with Gasteiger partial charge in [0.25, 0.3) is 0 Å². The minimum atomic E-state index is 0.646. The second-order valence-corrected chi connectivity index (χ2v) is 1.97. The van der Waals surface area contributed by atoms with Crippen molar-refractivity contribution < 1.29 is 0 Å². The van der Waals surface area contributed by atoms with Gasteiger partial charge in [0.1, 0.15) is 0 Å². The minimum absolute atomic E-state index is 0.646. The summed E-state index contributed by atoms with van der Waals surface area (Å²) < 4.78 is 0. The summed E-state index contributed by atoms with van der Waals surface area (Å²) in [5.74, 6) is 0. The molecule has 0 aliphatic heterocycles. The summed E-state index contributed by atoms with van der Waals surface area (Å²) in [4.78, 5) is 3.79. The highest BCUT2D eigenvalue weighted by atomic mass is 32.1. The first-order valence-electron chi connectivity index (χ1n) is 1.98. The van der Waals surface area contributed by atoms with Gasteiger partial charge in [-0.05, 0) is 0 Å². The van der Waals surface area contributed by atoms with Gasteiger partial charge in [-0.2, -0.15) is 5.26 Å². The van der Waals surface area contributed by atoms with Crippen LogP contribution in [0.3, 0.4) is 0 Å². The zero-order valence-electron chi connectivity index (χ0n) is 3.96. The van der Waals surface area contributed by atoms with Crippen LogP contribution in [0.25, 0.3) is 0 Å². The molecule has 0 aliphatic rings. The molecule has 0 amide bonds. The van der Waals surface area contributed by atoms with Crippen molar-refractivity contribution in [2.45, 2.75) is 0 Å². The molecule has 40 valence electrons. The van der Waals surface area contributed by atoms with Crippen LogP contribution in [0.1, 0.15) is 0 Å². The van der Waals surface area contributed by atoms with Gasteiger partial charge >= 0.3 is 0 Å². The fourth-order valence-corrected chi connectivity index (χ4v) is 0.810. The van der Waals surface area contributed by atoms with Crippen molar-refractivity contribution in [1.82, 2.24) is 4.98 Å². The largest absolute Gasteiger partial charge is 0.268 e. The van der Waals surface area contributed by atoms with Gasteiger partial charge in [-0.15, -0.1) is 11.3 Å². The molecular weight excluding hydrogens is 122 g/mol. The second kappa shape index (κ2) is 2.28. The number of hydrogen-bond donors (Lipinski definition) is 1. The molecule has 1 N–H and O–H groups in total. The topological polar surface area (TPSA) is 48.7 Å². The van der Waals surface area contributed by atoms with Crippen LogP contribution in [-0.2, 0) is 0 Å². The van der Waals surface area contributed by atoms with E-state index in [2.05, 4.69) is 10.3 Å². The summed E-state index contributed by atoms with van der Waals surface area (Å²) in [5, 5.41) is 12.9. The molecule has 0 saturated heterocycles. The first kappa shape index (κ1) is 5.06. The van der Waals surface area contributed by atoms with Crippen LogP contribution < -0.4 is 5.32 Å². The van der Waals surface area contributed by atoms with E-state index in [1.165, 1.54) is 11.3 Å². The van der Waals surface area contributed by atoms with Gasteiger partial charge in [0.2, 0.25) is 0 Å². The molecule has 1 heterocycles. The molecule has 1 rings (SSSR count). The van der Waals surface area contributed by atoms with Crippen molar-refractivity contribution in [3.05, 3.63) is 11.6 Å². The summed E-state index contributed by atoms with van der Waals surface area (Å²) in [6.07, 6.45) is 3.41. The van der Waals surface area contributed by atoms with E-state index >= 15 is 0 Å². The van der Waals surface area contributed by atoms with Crippen LogP contribution in [0.15, 0.2) is 11.6 Å². The lowest BCUT2D eigenvalue weighted by molar-refractivity contribution is 1.38. The van der Waals surface area contributed by atoms with E-state index < -0.39 is 0 Å². The molecule has 0 saturated carbocycles. The predicted octanol–water partition coefficient (Wildman–Crippen LogP) is 1.04. The Hall–Kier alpha value is -1.08. The zero-order chi connectivity index (χ0) is 5.82. The maximum Gasteiger partial charge on any atom is 0.195 e. The fourth-order valence-electron chi connectivity index (χ4n) is 0.333. The van der Waals surface area contributed by atoms with E-state index in [0.717, 1.165) is 0 Å². The number of rotatable bonds is 1. The molecule has 0 radical (unpaired) electrons. The third kappa shape index (κ3) is 0.950. The smallest absolute Gasteiger partial charge is 0.195 e. The van der Waals surface area contributed by atoms with Gasteiger partial charge in [0.05, 0.1) is 0 Å². The van der Waals surface area contributed by atoms with E-state index in [4.69, 9.17) is 5.26 Å². The van der Waals surface area contributed by atoms with E-state index in [1.54, 1.807) is 17.8 Å². The van der Waals surface area contributed by atoms with Gasteiger partial charge in [-0.1, -0.05) is 0 Å².